The first-order valence-electron chi connectivity index (χ1n) is 7.88. The van der Waals surface area contributed by atoms with E-state index in [0.29, 0.717) is 18.8 Å². The van der Waals surface area contributed by atoms with Gasteiger partial charge >= 0.3 is 6.03 Å². The summed E-state index contributed by atoms with van der Waals surface area (Å²) in [6.07, 6.45) is -0.0632. The lowest BCUT2D eigenvalue weighted by Gasteiger charge is -2.38. The third-order valence-electron chi connectivity index (χ3n) is 3.92. The smallest absolute Gasteiger partial charge is 0.322 e. The summed E-state index contributed by atoms with van der Waals surface area (Å²) in [4.78, 5) is 24.5. The molecule has 1 aliphatic rings. The third-order valence-corrected chi connectivity index (χ3v) is 4.68. The Morgan fingerprint density at radius 3 is 2.62 bits per heavy atom. The van der Waals surface area contributed by atoms with Gasteiger partial charge in [-0.1, -0.05) is 20.8 Å². The van der Waals surface area contributed by atoms with Gasteiger partial charge in [-0.25, -0.2) is 4.79 Å². The van der Waals surface area contributed by atoms with Crippen LogP contribution in [-0.4, -0.2) is 37.5 Å². The predicted octanol–water partition coefficient (Wildman–Crippen LogP) is 3.62. The highest BCUT2D eigenvalue weighted by atomic mass is 28.3. The first-order chi connectivity index (χ1) is 11.1. The molecule has 1 N–H and O–H groups in total. The first kappa shape index (κ1) is 18.4. The lowest BCUT2D eigenvalue weighted by atomic mass is 9.88. The number of hydrogen-bond donors (Lipinski definition) is 1. The number of hydrogen-bond acceptors (Lipinski definition) is 4. The first-order valence-corrected chi connectivity index (χ1v) is 10.3. The van der Waals surface area contributed by atoms with Crippen molar-refractivity contribution in [2.24, 2.45) is 5.41 Å². The van der Waals surface area contributed by atoms with Gasteiger partial charge in [-0.05, 0) is 30.1 Å². The van der Waals surface area contributed by atoms with Crippen molar-refractivity contribution < 1.29 is 14.1 Å². The number of non-ortho nitro benzene ring substituents is 1. The van der Waals surface area contributed by atoms with Crippen LogP contribution in [0.1, 0.15) is 26.3 Å². The van der Waals surface area contributed by atoms with Gasteiger partial charge in [0, 0.05) is 25.2 Å². The number of nitrogens with one attached hydrogen (secondary N) is 1. The number of benzene rings is 1. The summed E-state index contributed by atoms with van der Waals surface area (Å²) in [6, 6.07) is 4.32. The number of rotatable bonds is 5. The summed E-state index contributed by atoms with van der Waals surface area (Å²) in [5, 5.41) is 13.6. The molecule has 0 saturated heterocycles. The van der Waals surface area contributed by atoms with Crippen LogP contribution in [0.2, 0.25) is 13.1 Å². The number of nitrogens with zero attached hydrogens (tertiary/aromatic N) is 2. The molecule has 8 heteroatoms. The van der Waals surface area contributed by atoms with E-state index in [9.17, 15) is 14.9 Å². The Bertz CT molecular complexity index is 643. The third kappa shape index (κ3) is 4.33. The Labute approximate surface area is 143 Å². The zero-order valence-corrected chi connectivity index (χ0v) is 15.8. The lowest BCUT2D eigenvalue weighted by molar-refractivity contribution is -0.384. The molecule has 7 nitrogen and oxygen atoms in total. The summed E-state index contributed by atoms with van der Waals surface area (Å²) >= 11 is 0. The van der Waals surface area contributed by atoms with Gasteiger partial charge in [0.15, 0.2) is 0 Å². The molecule has 0 saturated carbocycles. The monoisotopic (exact) mass is 350 g/mol. The molecule has 1 radical (unpaired) electrons. The van der Waals surface area contributed by atoms with Crippen LogP contribution in [0, 0.1) is 15.5 Å². The number of amides is 2. The zero-order chi connectivity index (χ0) is 18.1. The van der Waals surface area contributed by atoms with Crippen LogP contribution in [0.3, 0.4) is 0 Å². The fourth-order valence-electron chi connectivity index (χ4n) is 2.52. The van der Waals surface area contributed by atoms with Gasteiger partial charge in [-0.15, -0.1) is 0 Å². The molecule has 1 heterocycles. The van der Waals surface area contributed by atoms with Crippen molar-refractivity contribution >= 4 is 26.4 Å². The molecule has 1 aromatic rings. The van der Waals surface area contributed by atoms with E-state index >= 15 is 0 Å². The summed E-state index contributed by atoms with van der Waals surface area (Å²) in [5.74, 6) is 0. The highest BCUT2D eigenvalue weighted by molar-refractivity contribution is 6.48. The number of nitro groups is 1. The number of nitro benzene ring substituents is 1. The van der Waals surface area contributed by atoms with Crippen molar-refractivity contribution in [3.8, 4) is 0 Å². The van der Waals surface area contributed by atoms with Gasteiger partial charge in [0.1, 0.15) is 0 Å². The second-order valence-corrected chi connectivity index (χ2v) is 9.34. The molecule has 1 atom stereocenters. The van der Waals surface area contributed by atoms with E-state index in [0.717, 1.165) is 5.56 Å². The Balaban J connectivity index is 2.18. The van der Waals surface area contributed by atoms with E-state index in [-0.39, 0.29) is 23.2 Å². The molecular weight excluding hydrogens is 326 g/mol. The second kappa shape index (κ2) is 6.90. The molecule has 1 aliphatic heterocycles. The minimum Gasteiger partial charge on any atom is -0.412 e. The van der Waals surface area contributed by atoms with E-state index < -0.39 is 14.0 Å². The number of carbonyl (C=O) groups is 1. The van der Waals surface area contributed by atoms with Gasteiger partial charge in [0.2, 0.25) is 9.04 Å². The molecule has 1 unspecified atom stereocenters. The lowest BCUT2D eigenvalue weighted by Crippen LogP contribution is -2.48. The molecule has 0 spiro atoms. The zero-order valence-electron chi connectivity index (χ0n) is 14.8. The largest absolute Gasteiger partial charge is 0.412 e. The maximum absolute atomic E-state index is 12.4. The van der Waals surface area contributed by atoms with Gasteiger partial charge in [-0.2, -0.15) is 0 Å². The second-order valence-electron chi connectivity index (χ2n) is 7.29. The number of urea groups is 1. The van der Waals surface area contributed by atoms with Crippen LogP contribution >= 0.6 is 0 Å². The summed E-state index contributed by atoms with van der Waals surface area (Å²) < 4.78 is 6.10. The molecule has 2 amide bonds. The van der Waals surface area contributed by atoms with Crippen molar-refractivity contribution in [1.82, 2.24) is 4.90 Å². The van der Waals surface area contributed by atoms with Crippen LogP contribution in [0.15, 0.2) is 18.2 Å². The van der Waals surface area contributed by atoms with Crippen molar-refractivity contribution in [2.75, 3.05) is 11.9 Å². The normalized spacial score (nSPS) is 15.9. The van der Waals surface area contributed by atoms with Crippen molar-refractivity contribution in [1.29, 1.82) is 0 Å². The number of fused-ring (bicyclic) bond motifs is 1. The molecule has 0 aromatic heterocycles. The fraction of sp³-hybridized carbons (Fsp3) is 0.562. The molecule has 0 fully saturated rings. The Hall–Kier alpha value is -1.93. The Morgan fingerprint density at radius 2 is 2.08 bits per heavy atom. The maximum atomic E-state index is 12.4. The Kier molecular flexibility index (Phi) is 5.29. The Morgan fingerprint density at radius 1 is 1.42 bits per heavy atom. The van der Waals surface area contributed by atoms with Crippen LogP contribution in [0.25, 0.3) is 0 Å². The van der Waals surface area contributed by atoms with Gasteiger partial charge in [0.25, 0.3) is 5.69 Å². The minimum absolute atomic E-state index is 0.0254. The SMILES string of the molecule is C[Si](C)OC(CN1Cc2ccc([N+](=O)[O-])cc2NC1=O)C(C)(C)C. The molecule has 2 rings (SSSR count). The van der Waals surface area contributed by atoms with E-state index in [2.05, 4.69) is 39.2 Å². The summed E-state index contributed by atoms with van der Waals surface area (Å²) in [7, 11) is -0.891. The highest BCUT2D eigenvalue weighted by Gasteiger charge is 2.32. The van der Waals surface area contributed by atoms with Crippen LogP contribution in [0.4, 0.5) is 16.2 Å². The minimum atomic E-state index is -0.891. The van der Waals surface area contributed by atoms with E-state index in [1.165, 1.54) is 12.1 Å². The van der Waals surface area contributed by atoms with Crippen LogP contribution in [0.5, 0.6) is 0 Å². The average molecular weight is 350 g/mol. The summed E-state index contributed by atoms with van der Waals surface area (Å²) in [6.45, 7) is 11.4. The topological polar surface area (TPSA) is 84.7 Å². The fourth-order valence-corrected chi connectivity index (χ4v) is 3.52. The summed E-state index contributed by atoms with van der Waals surface area (Å²) in [5.41, 5.74) is 1.27. The van der Waals surface area contributed by atoms with Crippen molar-refractivity contribution in [2.45, 2.75) is 46.5 Å². The van der Waals surface area contributed by atoms with E-state index in [1.807, 2.05) is 0 Å². The molecular formula is C16H24N3O4Si. The van der Waals surface area contributed by atoms with Crippen LogP contribution in [-0.2, 0) is 11.0 Å². The molecule has 131 valence electrons. The molecule has 1 aromatic carbocycles. The number of carbonyl (C=O) groups excluding carboxylic acids is 1. The quantitative estimate of drug-likeness (QED) is 0.499. The highest BCUT2D eigenvalue weighted by Crippen LogP contribution is 2.30. The van der Waals surface area contributed by atoms with Gasteiger partial charge in [0.05, 0.1) is 16.7 Å². The average Bonchev–Trinajstić information content (AvgIpc) is 2.45. The maximum Gasteiger partial charge on any atom is 0.322 e. The van der Waals surface area contributed by atoms with Gasteiger partial charge in [-0.3, -0.25) is 10.1 Å². The standard InChI is InChI=1S/C16H24N3O4Si/c1-16(2,3)14(23-24(4)5)10-18-9-11-6-7-12(19(21)22)8-13(11)17-15(18)20/h6-8,14H,9-10H2,1-5H3,(H,17,20). The van der Waals surface area contributed by atoms with Crippen molar-refractivity contribution in [3.63, 3.8) is 0 Å². The molecule has 0 aliphatic carbocycles. The predicted molar refractivity (Wildman–Crippen MR) is 94.3 cm³/mol. The van der Waals surface area contributed by atoms with E-state index in [4.69, 9.17) is 4.43 Å². The van der Waals surface area contributed by atoms with Gasteiger partial charge < -0.3 is 14.6 Å². The molecule has 24 heavy (non-hydrogen) atoms. The number of anilines is 1. The molecule has 0 bridgehead atoms. The van der Waals surface area contributed by atoms with E-state index in [1.54, 1.807) is 11.0 Å². The van der Waals surface area contributed by atoms with Crippen LogP contribution < -0.4 is 5.32 Å². The van der Waals surface area contributed by atoms with Crippen molar-refractivity contribution in [3.05, 3.63) is 33.9 Å².